The molecule has 0 aliphatic rings. The molecule has 0 saturated heterocycles. The first-order valence-electron chi connectivity index (χ1n) is 8.64. The Labute approximate surface area is 157 Å². The highest BCUT2D eigenvalue weighted by atomic mass is 16.6. The molecule has 27 heavy (non-hydrogen) atoms. The molecular formula is C20H22N4O3. The van der Waals surface area contributed by atoms with Gasteiger partial charge in [-0.05, 0) is 63.1 Å². The minimum Gasteiger partial charge on any atom is -0.447 e. The van der Waals surface area contributed by atoms with Gasteiger partial charge in [0.1, 0.15) is 5.75 Å². The number of imidazole rings is 1. The van der Waals surface area contributed by atoms with E-state index in [0.717, 1.165) is 11.1 Å². The molecule has 1 heterocycles. The molecule has 0 unspecified atom stereocenters. The molecule has 0 aliphatic heterocycles. The number of nitrogens with one attached hydrogen (secondary N) is 2. The maximum atomic E-state index is 12.0. The van der Waals surface area contributed by atoms with Gasteiger partial charge in [0.05, 0.1) is 17.1 Å². The zero-order valence-corrected chi connectivity index (χ0v) is 15.7. The predicted octanol–water partition coefficient (Wildman–Crippen LogP) is 4.47. The molecule has 0 fully saturated rings. The number of carbonyl (C=O) groups is 1. The number of anilines is 1. The molecule has 0 radical (unpaired) electrons. The van der Waals surface area contributed by atoms with Gasteiger partial charge in [0.25, 0.3) is 0 Å². The zero-order valence-electron chi connectivity index (χ0n) is 15.7. The number of fused-ring (bicyclic) bond motifs is 1. The standard InChI is InChI=1S/C20H22N4O3/c1-12(2)26-20(25)23-19-22-16-7-5-6-8-17(16)24(19)18(21)27-15-10-9-13(3)14(4)11-15/h5-12,21H,1-4H3,(H,22,23,25). The first-order chi connectivity index (χ1) is 12.8. The molecule has 2 N–H and O–H groups in total. The van der Waals surface area contributed by atoms with Crippen LogP contribution in [0.5, 0.6) is 5.75 Å². The van der Waals surface area contributed by atoms with E-state index in [-0.39, 0.29) is 18.1 Å². The minimum atomic E-state index is -0.638. The number of hydrogen-bond acceptors (Lipinski definition) is 5. The summed E-state index contributed by atoms with van der Waals surface area (Å²) in [4.78, 5) is 16.4. The van der Waals surface area contributed by atoms with E-state index < -0.39 is 6.09 Å². The van der Waals surface area contributed by atoms with Gasteiger partial charge in [-0.25, -0.2) is 14.3 Å². The van der Waals surface area contributed by atoms with Gasteiger partial charge in [-0.1, -0.05) is 18.2 Å². The number of rotatable bonds is 3. The van der Waals surface area contributed by atoms with Gasteiger partial charge in [-0.3, -0.25) is 10.7 Å². The smallest absolute Gasteiger partial charge is 0.414 e. The van der Waals surface area contributed by atoms with Crippen LogP contribution in [0.1, 0.15) is 25.0 Å². The van der Waals surface area contributed by atoms with Crippen LogP contribution in [0.25, 0.3) is 11.0 Å². The summed E-state index contributed by atoms with van der Waals surface area (Å²) in [5.41, 5.74) is 3.48. The lowest BCUT2D eigenvalue weighted by Crippen LogP contribution is -2.24. The Hall–Kier alpha value is -3.35. The monoisotopic (exact) mass is 366 g/mol. The molecule has 2 aromatic carbocycles. The van der Waals surface area contributed by atoms with E-state index in [1.54, 1.807) is 32.0 Å². The Morgan fingerprint density at radius 1 is 1.15 bits per heavy atom. The third kappa shape index (κ3) is 4.08. The summed E-state index contributed by atoms with van der Waals surface area (Å²) in [6, 6.07) is 12.7. The zero-order chi connectivity index (χ0) is 19.6. The van der Waals surface area contributed by atoms with Crippen LogP contribution in [-0.2, 0) is 4.74 Å². The lowest BCUT2D eigenvalue weighted by Gasteiger charge is -2.13. The van der Waals surface area contributed by atoms with Gasteiger partial charge in [0.15, 0.2) is 0 Å². The number of carbonyl (C=O) groups excluding carboxylic acids is 1. The molecular weight excluding hydrogens is 344 g/mol. The summed E-state index contributed by atoms with van der Waals surface area (Å²) < 4.78 is 12.3. The molecule has 140 valence electrons. The molecule has 7 heteroatoms. The van der Waals surface area contributed by atoms with Gasteiger partial charge in [0.2, 0.25) is 5.95 Å². The van der Waals surface area contributed by atoms with Crippen molar-refractivity contribution in [1.82, 2.24) is 9.55 Å². The lowest BCUT2D eigenvalue weighted by molar-refractivity contribution is 0.129. The quantitative estimate of drug-likeness (QED) is 0.528. The van der Waals surface area contributed by atoms with E-state index in [1.807, 2.05) is 38.1 Å². The third-order valence-electron chi connectivity index (χ3n) is 4.01. The molecule has 0 bridgehead atoms. The third-order valence-corrected chi connectivity index (χ3v) is 4.01. The molecule has 0 spiro atoms. The fraction of sp³-hybridized carbons (Fsp3) is 0.250. The van der Waals surface area contributed by atoms with Crippen molar-refractivity contribution in [2.45, 2.75) is 33.8 Å². The van der Waals surface area contributed by atoms with E-state index >= 15 is 0 Å². The van der Waals surface area contributed by atoms with Gasteiger partial charge in [-0.2, -0.15) is 0 Å². The maximum absolute atomic E-state index is 12.0. The number of aromatic nitrogens is 2. The SMILES string of the molecule is Cc1ccc(OC(=N)n2c(NC(=O)OC(C)C)nc3ccccc32)cc1C. The fourth-order valence-electron chi connectivity index (χ4n) is 2.58. The topological polar surface area (TPSA) is 89.2 Å². The highest BCUT2D eigenvalue weighted by molar-refractivity contribution is 5.95. The summed E-state index contributed by atoms with van der Waals surface area (Å²) in [6.07, 6.45) is -0.908. The van der Waals surface area contributed by atoms with Crippen molar-refractivity contribution >= 4 is 29.1 Å². The Morgan fingerprint density at radius 3 is 2.59 bits per heavy atom. The van der Waals surface area contributed by atoms with Crippen LogP contribution in [0.3, 0.4) is 0 Å². The van der Waals surface area contributed by atoms with Crippen LogP contribution in [0, 0.1) is 19.3 Å². The first kappa shape index (κ1) is 18.4. The number of benzene rings is 2. The van der Waals surface area contributed by atoms with Crippen molar-refractivity contribution in [3.8, 4) is 5.75 Å². The number of nitrogens with zero attached hydrogens (tertiary/aromatic N) is 2. The van der Waals surface area contributed by atoms with Crippen molar-refractivity contribution in [2.75, 3.05) is 5.32 Å². The van der Waals surface area contributed by atoms with Crippen molar-refractivity contribution in [3.63, 3.8) is 0 Å². The van der Waals surface area contributed by atoms with Crippen molar-refractivity contribution in [2.24, 2.45) is 0 Å². The molecule has 0 saturated carbocycles. The average molecular weight is 366 g/mol. The normalized spacial score (nSPS) is 10.9. The van der Waals surface area contributed by atoms with Gasteiger partial charge in [0, 0.05) is 0 Å². The number of hydrogen-bond donors (Lipinski definition) is 2. The van der Waals surface area contributed by atoms with Crippen LogP contribution < -0.4 is 10.1 Å². The van der Waals surface area contributed by atoms with Crippen LogP contribution >= 0.6 is 0 Å². The maximum Gasteiger partial charge on any atom is 0.414 e. The lowest BCUT2D eigenvalue weighted by atomic mass is 10.1. The van der Waals surface area contributed by atoms with E-state index in [1.165, 1.54) is 4.57 Å². The highest BCUT2D eigenvalue weighted by Gasteiger charge is 2.19. The molecule has 0 aliphatic carbocycles. The van der Waals surface area contributed by atoms with E-state index in [2.05, 4.69) is 10.3 Å². The average Bonchev–Trinajstić information content (AvgIpc) is 2.95. The minimum absolute atomic E-state index is 0.163. The number of amides is 1. The summed E-state index contributed by atoms with van der Waals surface area (Å²) in [5.74, 6) is 0.701. The Balaban J connectivity index is 1.95. The molecule has 7 nitrogen and oxygen atoms in total. The molecule has 1 aromatic heterocycles. The highest BCUT2D eigenvalue weighted by Crippen LogP contribution is 2.22. The van der Waals surface area contributed by atoms with Crippen molar-refractivity contribution in [1.29, 1.82) is 5.41 Å². The Bertz CT molecular complexity index is 1010. The molecule has 1 amide bonds. The summed E-state index contributed by atoms with van der Waals surface area (Å²) >= 11 is 0. The van der Waals surface area contributed by atoms with E-state index in [4.69, 9.17) is 14.9 Å². The van der Waals surface area contributed by atoms with Gasteiger partial charge >= 0.3 is 12.1 Å². The van der Waals surface area contributed by atoms with Crippen molar-refractivity contribution < 1.29 is 14.3 Å². The van der Waals surface area contributed by atoms with Gasteiger partial charge in [-0.15, -0.1) is 0 Å². The first-order valence-corrected chi connectivity index (χ1v) is 8.64. The second-order valence-corrected chi connectivity index (χ2v) is 6.49. The largest absolute Gasteiger partial charge is 0.447 e. The molecule has 3 rings (SSSR count). The molecule has 3 aromatic rings. The Kier molecular flexibility index (Phi) is 5.12. The summed E-state index contributed by atoms with van der Waals surface area (Å²) in [5, 5.41) is 11.0. The van der Waals surface area contributed by atoms with Crippen LogP contribution in [0.15, 0.2) is 42.5 Å². The number of ether oxygens (including phenoxy) is 2. The predicted molar refractivity (Wildman–Crippen MR) is 105 cm³/mol. The fourth-order valence-corrected chi connectivity index (χ4v) is 2.58. The number of para-hydroxylation sites is 2. The van der Waals surface area contributed by atoms with Gasteiger partial charge < -0.3 is 9.47 Å². The van der Waals surface area contributed by atoms with Crippen molar-refractivity contribution in [3.05, 3.63) is 53.6 Å². The summed E-state index contributed by atoms with van der Waals surface area (Å²) in [7, 11) is 0. The second-order valence-electron chi connectivity index (χ2n) is 6.49. The van der Waals surface area contributed by atoms with E-state index in [9.17, 15) is 4.79 Å². The number of aryl methyl sites for hydroxylation is 2. The summed E-state index contributed by atoms with van der Waals surface area (Å²) in [6.45, 7) is 7.50. The van der Waals surface area contributed by atoms with Crippen LogP contribution in [-0.4, -0.2) is 27.8 Å². The van der Waals surface area contributed by atoms with Crippen LogP contribution in [0.2, 0.25) is 0 Å². The second kappa shape index (κ2) is 7.49. The molecule has 0 atom stereocenters. The van der Waals surface area contributed by atoms with E-state index in [0.29, 0.717) is 16.8 Å². The van der Waals surface area contributed by atoms with Crippen LogP contribution in [0.4, 0.5) is 10.7 Å². The Morgan fingerprint density at radius 2 is 1.89 bits per heavy atom.